The molecule has 0 unspecified atom stereocenters. The highest BCUT2D eigenvalue weighted by Gasteiger charge is 2.13. The molecule has 5 nitrogen and oxygen atoms in total. The molecule has 2 aromatic carbocycles. The van der Waals surface area contributed by atoms with Crippen LogP contribution >= 0.6 is 0 Å². The molecule has 23 heavy (non-hydrogen) atoms. The fourth-order valence-corrected chi connectivity index (χ4v) is 2.40. The minimum atomic E-state index is -1.00. The molecule has 3 aromatic rings. The van der Waals surface area contributed by atoms with E-state index in [4.69, 9.17) is 0 Å². The van der Waals surface area contributed by atoms with Gasteiger partial charge in [0.1, 0.15) is 0 Å². The maximum Gasteiger partial charge on any atom is 0.337 e. The number of rotatable bonds is 3. The Morgan fingerprint density at radius 2 is 1.74 bits per heavy atom. The Morgan fingerprint density at radius 1 is 1.04 bits per heavy atom. The number of hydrogen-bond acceptors (Lipinski definition) is 4. The number of esters is 1. The molecule has 1 N–H and O–H groups in total. The van der Waals surface area contributed by atoms with Crippen molar-refractivity contribution in [2.45, 2.75) is 0 Å². The van der Waals surface area contributed by atoms with Crippen LogP contribution in [0.3, 0.4) is 0 Å². The van der Waals surface area contributed by atoms with Gasteiger partial charge in [-0.25, -0.2) is 14.6 Å². The van der Waals surface area contributed by atoms with E-state index >= 15 is 0 Å². The minimum Gasteiger partial charge on any atom is -0.478 e. The van der Waals surface area contributed by atoms with Crippen LogP contribution in [-0.2, 0) is 4.74 Å². The van der Waals surface area contributed by atoms with Crippen molar-refractivity contribution < 1.29 is 19.4 Å². The van der Waals surface area contributed by atoms with Gasteiger partial charge in [0.05, 0.1) is 29.4 Å². The summed E-state index contributed by atoms with van der Waals surface area (Å²) >= 11 is 0. The van der Waals surface area contributed by atoms with Crippen LogP contribution in [0.4, 0.5) is 0 Å². The number of carbonyl (C=O) groups excluding carboxylic acids is 1. The van der Waals surface area contributed by atoms with Gasteiger partial charge in [-0.2, -0.15) is 0 Å². The number of nitrogens with zero attached hydrogens (tertiary/aromatic N) is 1. The van der Waals surface area contributed by atoms with Crippen LogP contribution in [0, 0.1) is 0 Å². The van der Waals surface area contributed by atoms with Crippen LogP contribution < -0.4 is 0 Å². The van der Waals surface area contributed by atoms with Gasteiger partial charge < -0.3 is 9.84 Å². The lowest BCUT2D eigenvalue weighted by molar-refractivity contribution is 0.0600. The van der Waals surface area contributed by atoms with Gasteiger partial charge in [0.2, 0.25) is 0 Å². The molecule has 114 valence electrons. The van der Waals surface area contributed by atoms with Crippen molar-refractivity contribution >= 4 is 22.8 Å². The van der Waals surface area contributed by atoms with E-state index in [2.05, 4.69) is 9.72 Å². The fourth-order valence-electron chi connectivity index (χ4n) is 2.40. The van der Waals surface area contributed by atoms with Gasteiger partial charge >= 0.3 is 11.9 Å². The topological polar surface area (TPSA) is 76.5 Å². The molecule has 0 aliphatic heterocycles. The molecule has 1 aromatic heterocycles. The first kappa shape index (κ1) is 14.7. The second-order valence-electron chi connectivity index (χ2n) is 4.95. The molecule has 0 bridgehead atoms. The van der Waals surface area contributed by atoms with Crippen molar-refractivity contribution in [3.63, 3.8) is 0 Å². The number of carbonyl (C=O) groups is 2. The third-order valence-corrected chi connectivity index (χ3v) is 3.55. The standard InChI is InChI=1S/C18H13NO4/c1-23-18(22)12-8-6-11(7-9-12)16-10-14(17(20)21)13-4-2-3-5-15(13)19-16/h2-10H,1H3,(H,20,21). The number of hydrogen-bond donors (Lipinski definition) is 1. The van der Waals surface area contributed by atoms with Gasteiger partial charge in [-0.1, -0.05) is 30.3 Å². The normalized spacial score (nSPS) is 10.5. The summed E-state index contributed by atoms with van der Waals surface area (Å²) in [6, 6.07) is 15.3. The van der Waals surface area contributed by atoms with Crippen molar-refractivity contribution in [3.05, 3.63) is 65.7 Å². The van der Waals surface area contributed by atoms with E-state index in [1.807, 2.05) is 6.07 Å². The lowest BCUT2D eigenvalue weighted by Crippen LogP contribution is -2.01. The number of aromatic carboxylic acids is 1. The van der Waals surface area contributed by atoms with Crippen LogP contribution in [0.1, 0.15) is 20.7 Å². The third kappa shape index (κ3) is 2.76. The Kier molecular flexibility index (Phi) is 3.76. The average Bonchev–Trinajstić information content (AvgIpc) is 2.60. The Hall–Kier alpha value is -3.21. The third-order valence-electron chi connectivity index (χ3n) is 3.55. The molecule has 5 heteroatoms. The molecular weight excluding hydrogens is 294 g/mol. The first-order chi connectivity index (χ1) is 11.1. The maximum atomic E-state index is 11.5. The number of pyridine rings is 1. The molecule has 0 atom stereocenters. The number of fused-ring (bicyclic) bond motifs is 1. The second-order valence-corrected chi connectivity index (χ2v) is 4.95. The smallest absolute Gasteiger partial charge is 0.337 e. The zero-order chi connectivity index (χ0) is 16.4. The quantitative estimate of drug-likeness (QED) is 0.751. The van der Waals surface area contributed by atoms with Crippen molar-refractivity contribution in [3.8, 4) is 11.3 Å². The van der Waals surface area contributed by atoms with Crippen molar-refractivity contribution in [1.29, 1.82) is 0 Å². The zero-order valence-corrected chi connectivity index (χ0v) is 12.3. The molecule has 0 spiro atoms. The molecular formula is C18H13NO4. The lowest BCUT2D eigenvalue weighted by atomic mass is 10.0. The Morgan fingerprint density at radius 3 is 2.39 bits per heavy atom. The summed E-state index contributed by atoms with van der Waals surface area (Å²) in [4.78, 5) is 27.5. The molecule has 0 aliphatic carbocycles. The SMILES string of the molecule is COC(=O)c1ccc(-c2cc(C(=O)O)c3ccccc3n2)cc1. The lowest BCUT2D eigenvalue weighted by Gasteiger charge is -2.07. The minimum absolute atomic E-state index is 0.197. The van der Waals surface area contributed by atoms with Crippen molar-refractivity contribution in [1.82, 2.24) is 4.98 Å². The number of carboxylic acid groups (broad SMARTS) is 1. The van der Waals surface area contributed by atoms with Crippen molar-refractivity contribution in [2.75, 3.05) is 7.11 Å². The first-order valence-electron chi connectivity index (χ1n) is 6.92. The van der Waals surface area contributed by atoms with E-state index in [0.717, 1.165) is 5.56 Å². The highest BCUT2D eigenvalue weighted by molar-refractivity contribution is 6.03. The largest absolute Gasteiger partial charge is 0.478 e. The fraction of sp³-hybridized carbons (Fsp3) is 0.0556. The Labute approximate surface area is 132 Å². The van der Waals surface area contributed by atoms with Crippen LogP contribution in [0.2, 0.25) is 0 Å². The summed E-state index contributed by atoms with van der Waals surface area (Å²) in [6.07, 6.45) is 0. The maximum absolute atomic E-state index is 11.5. The van der Waals surface area contributed by atoms with E-state index in [-0.39, 0.29) is 5.56 Å². The number of aromatic nitrogens is 1. The molecule has 0 aliphatic rings. The second kappa shape index (κ2) is 5.88. The molecule has 0 amide bonds. The van der Waals surface area contributed by atoms with E-state index in [1.165, 1.54) is 13.2 Å². The predicted octanol–water partition coefficient (Wildman–Crippen LogP) is 3.39. The molecule has 0 fully saturated rings. The first-order valence-corrected chi connectivity index (χ1v) is 6.92. The molecule has 0 radical (unpaired) electrons. The van der Waals surface area contributed by atoms with Crippen LogP contribution in [0.25, 0.3) is 22.2 Å². The van der Waals surface area contributed by atoms with Gasteiger partial charge in [-0.15, -0.1) is 0 Å². The highest BCUT2D eigenvalue weighted by Crippen LogP contribution is 2.25. The van der Waals surface area contributed by atoms with Gasteiger partial charge in [0, 0.05) is 10.9 Å². The molecule has 0 saturated carbocycles. The van der Waals surface area contributed by atoms with E-state index in [1.54, 1.807) is 42.5 Å². The van der Waals surface area contributed by atoms with Crippen LogP contribution in [0.15, 0.2) is 54.6 Å². The van der Waals surface area contributed by atoms with E-state index in [0.29, 0.717) is 22.2 Å². The monoisotopic (exact) mass is 307 g/mol. The summed E-state index contributed by atoms with van der Waals surface area (Å²) in [7, 11) is 1.32. The number of methoxy groups -OCH3 is 1. The zero-order valence-electron chi connectivity index (χ0n) is 12.3. The Bertz CT molecular complexity index is 901. The van der Waals surface area contributed by atoms with Gasteiger partial charge in [0.25, 0.3) is 0 Å². The number of ether oxygens (including phenoxy) is 1. The highest BCUT2D eigenvalue weighted by atomic mass is 16.5. The Balaban J connectivity index is 2.13. The number of benzene rings is 2. The summed E-state index contributed by atoms with van der Waals surface area (Å²) in [5, 5.41) is 10.0. The van der Waals surface area contributed by atoms with Crippen LogP contribution in [0.5, 0.6) is 0 Å². The van der Waals surface area contributed by atoms with Gasteiger partial charge in [-0.3, -0.25) is 0 Å². The van der Waals surface area contributed by atoms with Gasteiger partial charge in [-0.05, 0) is 24.3 Å². The molecule has 3 rings (SSSR count). The van der Waals surface area contributed by atoms with Crippen molar-refractivity contribution in [2.24, 2.45) is 0 Å². The van der Waals surface area contributed by atoms with Crippen LogP contribution in [-0.4, -0.2) is 29.1 Å². The summed E-state index contributed by atoms with van der Waals surface area (Å²) in [5.74, 6) is -1.43. The summed E-state index contributed by atoms with van der Waals surface area (Å²) < 4.78 is 4.66. The molecule has 0 saturated heterocycles. The van der Waals surface area contributed by atoms with E-state index < -0.39 is 11.9 Å². The molecule has 1 heterocycles. The summed E-state index contributed by atoms with van der Waals surface area (Å²) in [6.45, 7) is 0. The van der Waals surface area contributed by atoms with E-state index in [9.17, 15) is 14.7 Å². The number of para-hydroxylation sites is 1. The average molecular weight is 307 g/mol. The predicted molar refractivity (Wildman–Crippen MR) is 85.5 cm³/mol. The number of carboxylic acids is 1. The van der Waals surface area contributed by atoms with Gasteiger partial charge in [0.15, 0.2) is 0 Å². The summed E-state index contributed by atoms with van der Waals surface area (Å²) in [5.41, 5.74) is 2.50.